The van der Waals surface area contributed by atoms with Gasteiger partial charge in [0.1, 0.15) is 0 Å². The number of unbranched alkanes of at least 4 members (excludes halogenated alkanes) is 1. The molecule has 3 heteroatoms. The maximum Gasteiger partial charge on any atom is 0.0462 e. The fourth-order valence-electron chi connectivity index (χ4n) is 0.807. The average molecular weight is 177 g/mol. The van der Waals surface area contributed by atoms with Gasteiger partial charge in [-0.25, -0.2) is 0 Å². The molecule has 11 heavy (non-hydrogen) atoms. The number of rotatable bonds is 7. The number of methoxy groups -OCH3 is 1. The molecule has 0 spiro atoms. The summed E-state index contributed by atoms with van der Waals surface area (Å²) in [7, 11) is 1.74. The Morgan fingerprint density at radius 3 is 2.73 bits per heavy atom. The SMILES string of the molecule is COCCCCNCC(C)S. The van der Waals surface area contributed by atoms with Crippen LogP contribution in [0.3, 0.4) is 0 Å². The van der Waals surface area contributed by atoms with E-state index in [0.717, 1.165) is 26.1 Å². The van der Waals surface area contributed by atoms with Crippen LogP contribution in [0, 0.1) is 0 Å². The van der Waals surface area contributed by atoms with E-state index in [-0.39, 0.29) is 0 Å². The van der Waals surface area contributed by atoms with Gasteiger partial charge in [-0.3, -0.25) is 0 Å². The predicted molar refractivity (Wildman–Crippen MR) is 52.4 cm³/mol. The standard InChI is InChI=1S/C8H19NOS/c1-8(11)7-9-5-3-4-6-10-2/h8-9,11H,3-7H2,1-2H3. The molecule has 0 aliphatic heterocycles. The fraction of sp³-hybridized carbons (Fsp3) is 1.00. The Morgan fingerprint density at radius 1 is 1.45 bits per heavy atom. The van der Waals surface area contributed by atoms with Crippen molar-refractivity contribution in [3.05, 3.63) is 0 Å². The summed E-state index contributed by atoms with van der Waals surface area (Å²) in [4.78, 5) is 0. The number of hydrogen-bond donors (Lipinski definition) is 2. The quantitative estimate of drug-likeness (QED) is 0.452. The van der Waals surface area contributed by atoms with Crippen molar-refractivity contribution in [3.8, 4) is 0 Å². The number of nitrogens with one attached hydrogen (secondary N) is 1. The molecule has 68 valence electrons. The molecule has 0 heterocycles. The van der Waals surface area contributed by atoms with Gasteiger partial charge >= 0.3 is 0 Å². The van der Waals surface area contributed by atoms with Crippen LogP contribution >= 0.6 is 12.6 Å². The zero-order valence-corrected chi connectivity index (χ0v) is 8.36. The highest BCUT2D eigenvalue weighted by Gasteiger charge is 1.92. The third kappa shape index (κ3) is 10.3. The van der Waals surface area contributed by atoms with E-state index in [1.54, 1.807) is 7.11 Å². The Kier molecular flexibility index (Phi) is 8.57. The first-order chi connectivity index (χ1) is 5.27. The third-order valence-corrected chi connectivity index (χ3v) is 1.57. The van der Waals surface area contributed by atoms with Crippen LogP contribution in [0.2, 0.25) is 0 Å². The van der Waals surface area contributed by atoms with Crippen molar-refractivity contribution >= 4 is 12.6 Å². The van der Waals surface area contributed by atoms with Gasteiger partial charge in [-0.1, -0.05) is 6.92 Å². The van der Waals surface area contributed by atoms with Crippen LogP contribution in [-0.4, -0.2) is 32.1 Å². The van der Waals surface area contributed by atoms with Crippen LogP contribution in [0.4, 0.5) is 0 Å². The van der Waals surface area contributed by atoms with Gasteiger partial charge < -0.3 is 10.1 Å². The molecule has 0 aliphatic rings. The summed E-state index contributed by atoms with van der Waals surface area (Å²) in [5, 5.41) is 3.77. The van der Waals surface area contributed by atoms with E-state index in [0.29, 0.717) is 5.25 Å². The summed E-state index contributed by atoms with van der Waals surface area (Å²) in [6.07, 6.45) is 2.33. The van der Waals surface area contributed by atoms with E-state index >= 15 is 0 Å². The zero-order chi connectivity index (χ0) is 8.53. The first kappa shape index (κ1) is 11.3. The van der Waals surface area contributed by atoms with Gasteiger partial charge in [0, 0.05) is 25.5 Å². The molecule has 0 saturated carbocycles. The largest absolute Gasteiger partial charge is 0.385 e. The third-order valence-electron chi connectivity index (χ3n) is 1.39. The van der Waals surface area contributed by atoms with Crippen molar-refractivity contribution in [2.45, 2.75) is 25.0 Å². The summed E-state index contributed by atoms with van der Waals surface area (Å²) >= 11 is 4.25. The minimum Gasteiger partial charge on any atom is -0.385 e. The maximum atomic E-state index is 4.93. The van der Waals surface area contributed by atoms with Crippen molar-refractivity contribution in [1.82, 2.24) is 5.32 Å². The lowest BCUT2D eigenvalue weighted by Gasteiger charge is -2.05. The minimum atomic E-state index is 0.456. The second kappa shape index (κ2) is 8.37. The van der Waals surface area contributed by atoms with E-state index in [4.69, 9.17) is 4.74 Å². The number of hydrogen-bond acceptors (Lipinski definition) is 3. The highest BCUT2D eigenvalue weighted by Crippen LogP contribution is 1.90. The smallest absolute Gasteiger partial charge is 0.0462 e. The van der Waals surface area contributed by atoms with Crippen molar-refractivity contribution < 1.29 is 4.74 Å². The van der Waals surface area contributed by atoms with Crippen LogP contribution in [0.25, 0.3) is 0 Å². The van der Waals surface area contributed by atoms with Gasteiger partial charge in [-0.15, -0.1) is 0 Å². The van der Waals surface area contributed by atoms with Gasteiger partial charge in [0.2, 0.25) is 0 Å². The highest BCUT2D eigenvalue weighted by molar-refractivity contribution is 7.80. The van der Waals surface area contributed by atoms with E-state index in [1.165, 1.54) is 6.42 Å². The van der Waals surface area contributed by atoms with Crippen LogP contribution in [0.15, 0.2) is 0 Å². The molecule has 0 aromatic rings. The molecule has 0 amide bonds. The van der Waals surface area contributed by atoms with Crippen LogP contribution in [-0.2, 0) is 4.74 Å². The Hall–Kier alpha value is 0.270. The number of thiol groups is 1. The van der Waals surface area contributed by atoms with Crippen molar-refractivity contribution in [2.75, 3.05) is 26.8 Å². The van der Waals surface area contributed by atoms with Crippen molar-refractivity contribution in [2.24, 2.45) is 0 Å². The van der Waals surface area contributed by atoms with Crippen LogP contribution < -0.4 is 5.32 Å². The van der Waals surface area contributed by atoms with Gasteiger partial charge in [0.25, 0.3) is 0 Å². The van der Waals surface area contributed by atoms with E-state index in [2.05, 4.69) is 24.9 Å². The van der Waals surface area contributed by atoms with Gasteiger partial charge in [0.15, 0.2) is 0 Å². The monoisotopic (exact) mass is 177 g/mol. The molecule has 0 fully saturated rings. The van der Waals surface area contributed by atoms with Gasteiger partial charge in [-0.2, -0.15) is 12.6 Å². The van der Waals surface area contributed by atoms with Crippen molar-refractivity contribution in [1.29, 1.82) is 0 Å². The molecule has 0 aromatic carbocycles. The van der Waals surface area contributed by atoms with E-state index < -0.39 is 0 Å². The molecule has 0 saturated heterocycles. The number of ether oxygens (including phenoxy) is 1. The maximum absolute atomic E-state index is 4.93. The van der Waals surface area contributed by atoms with Gasteiger partial charge in [0.05, 0.1) is 0 Å². The molecular weight excluding hydrogens is 158 g/mol. The lowest BCUT2D eigenvalue weighted by Crippen LogP contribution is -2.22. The van der Waals surface area contributed by atoms with Crippen LogP contribution in [0.1, 0.15) is 19.8 Å². The lowest BCUT2D eigenvalue weighted by molar-refractivity contribution is 0.192. The Morgan fingerprint density at radius 2 is 2.18 bits per heavy atom. The second-order valence-electron chi connectivity index (χ2n) is 2.75. The molecule has 2 nitrogen and oxygen atoms in total. The molecule has 0 radical (unpaired) electrons. The molecule has 1 unspecified atom stereocenters. The Balaban J connectivity index is 2.80. The molecule has 0 aliphatic carbocycles. The molecular formula is C8H19NOS. The first-order valence-electron chi connectivity index (χ1n) is 4.15. The lowest BCUT2D eigenvalue weighted by atomic mass is 10.3. The van der Waals surface area contributed by atoms with Crippen molar-refractivity contribution in [3.63, 3.8) is 0 Å². The molecule has 0 bridgehead atoms. The second-order valence-corrected chi connectivity index (χ2v) is 3.63. The Labute approximate surface area is 75.1 Å². The molecule has 0 aromatic heterocycles. The fourth-order valence-corrected chi connectivity index (χ4v) is 0.936. The summed E-state index contributed by atoms with van der Waals surface area (Å²) in [5.41, 5.74) is 0. The Bertz CT molecular complexity index is 78.5. The first-order valence-corrected chi connectivity index (χ1v) is 4.66. The normalized spacial score (nSPS) is 13.4. The highest BCUT2D eigenvalue weighted by atomic mass is 32.1. The van der Waals surface area contributed by atoms with Gasteiger partial charge in [-0.05, 0) is 19.4 Å². The summed E-state index contributed by atoms with van der Waals surface area (Å²) in [6.45, 7) is 5.04. The zero-order valence-electron chi connectivity index (χ0n) is 7.47. The van der Waals surface area contributed by atoms with E-state index in [9.17, 15) is 0 Å². The summed E-state index contributed by atoms with van der Waals surface area (Å²) in [6, 6.07) is 0. The predicted octanol–water partition coefficient (Wildman–Crippen LogP) is 1.32. The topological polar surface area (TPSA) is 21.3 Å². The average Bonchev–Trinajstić information content (AvgIpc) is 1.96. The minimum absolute atomic E-state index is 0.456. The molecule has 1 N–H and O–H groups in total. The van der Waals surface area contributed by atoms with E-state index in [1.807, 2.05) is 0 Å². The summed E-state index contributed by atoms with van der Waals surface area (Å²) in [5.74, 6) is 0. The summed E-state index contributed by atoms with van der Waals surface area (Å²) < 4.78 is 4.93. The molecule has 1 atom stereocenters. The van der Waals surface area contributed by atoms with Crippen LogP contribution in [0.5, 0.6) is 0 Å². The molecule has 0 rings (SSSR count).